The van der Waals surface area contributed by atoms with Gasteiger partial charge in [0, 0.05) is 12.6 Å². The molecule has 0 aromatic carbocycles. The van der Waals surface area contributed by atoms with E-state index >= 15 is 0 Å². The molecular weight excluding hydrogens is 246 g/mol. The molecule has 0 radical (unpaired) electrons. The normalized spacial score (nSPS) is 30.2. The smallest absolute Gasteiger partial charge is 0.217 e. The summed E-state index contributed by atoms with van der Waals surface area (Å²) < 4.78 is 0. The third-order valence-corrected chi connectivity index (χ3v) is 3.56. The first-order chi connectivity index (χ1) is 9.08. The number of nitrogens with zero attached hydrogens (tertiary/aromatic N) is 1. The highest BCUT2D eigenvalue weighted by molar-refractivity contribution is 5.73. The molecule has 0 saturated heterocycles. The van der Waals surface area contributed by atoms with E-state index in [1.54, 1.807) is 18.3 Å². The van der Waals surface area contributed by atoms with Gasteiger partial charge in [-0.05, 0) is 30.9 Å². The molecule has 1 heterocycles. The summed E-state index contributed by atoms with van der Waals surface area (Å²) in [5, 5.41) is 23.1. The Morgan fingerprint density at radius 1 is 1.42 bits per heavy atom. The average molecular weight is 265 g/mol. The van der Waals surface area contributed by atoms with Crippen molar-refractivity contribution in [2.24, 2.45) is 11.7 Å². The van der Waals surface area contributed by atoms with Crippen molar-refractivity contribution < 1.29 is 15.0 Å². The number of pyridine rings is 1. The molecule has 1 aliphatic rings. The summed E-state index contributed by atoms with van der Waals surface area (Å²) in [6.45, 7) is 0. The summed E-state index contributed by atoms with van der Waals surface area (Å²) in [7, 11) is 0. The molecular formula is C13H19N3O3. The Bertz CT molecular complexity index is 426. The van der Waals surface area contributed by atoms with E-state index in [4.69, 9.17) is 5.73 Å². The van der Waals surface area contributed by atoms with Crippen molar-refractivity contribution >= 4 is 11.7 Å². The van der Waals surface area contributed by atoms with Gasteiger partial charge in [-0.1, -0.05) is 6.07 Å². The van der Waals surface area contributed by atoms with Crippen LogP contribution < -0.4 is 11.1 Å². The van der Waals surface area contributed by atoms with Gasteiger partial charge >= 0.3 is 0 Å². The molecule has 1 aromatic heterocycles. The number of nitrogens with two attached hydrogens (primary N) is 1. The quantitative estimate of drug-likeness (QED) is 0.593. The van der Waals surface area contributed by atoms with Crippen molar-refractivity contribution in [3.05, 3.63) is 24.4 Å². The summed E-state index contributed by atoms with van der Waals surface area (Å²) in [6.07, 6.45) is 1.27. The van der Waals surface area contributed by atoms with Crippen LogP contribution in [0, 0.1) is 5.92 Å². The Hall–Kier alpha value is -1.66. The molecule has 0 bridgehead atoms. The number of rotatable bonds is 5. The topological polar surface area (TPSA) is 108 Å². The van der Waals surface area contributed by atoms with Crippen LogP contribution in [0.4, 0.5) is 5.82 Å². The molecule has 1 amide bonds. The third-order valence-electron chi connectivity index (χ3n) is 3.56. The molecule has 5 N–H and O–H groups in total. The number of nitrogens with one attached hydrogen (secondary N) is 1. The van der Waals surface area contributed by atoms with Crippen LogP contribution in [0.1, 0.15) is 19.3 Å². The minimum absolute atomic E-state index is 0.122. The van der Waals surface area contributed by atoms with E-state index in [1.165, 1.54) is 0 Å². The molecule has 0 spiro atoms. The van der Waals surface area contributed by atoms with Crippen LogP contribution in [-0.4, -0.2) is 39.4 Å². The molecule has 1 saturated carbocycles. The summed E-state index contributed by atoms with van der Waals surface area (Å²) >= 11 is 0. The van der Waals surface area contributed by atoms with Crippen LogP contribution in [0.25, 0.3) is 0 Å². The molecule has 19 heavy (non-hydrogen) atoms. The van der Waals surface area contributed by atoms with Gasteiger partial charge in [0.1, 0.15) is 11.9 Å². The lowest BCUT2D eigenvalue weighted by molar-refractivity contribution is -0.118. The van der Waals surface area contributed by atoms with E-state index in [-0.39, 0.29) is 24.3 Å². The Labute approximate surface area is 111 Å². The largest absolute Gasteiger partial charge is 0.390 e. The molecule has 6 heteroatoms. The number of hydrogen-bond acceptors (Lipinski definition) is 5. The highest BCUT2D eigenvalue weighted by atomic mass is 16.3. The van der Waals surface area contributed by atoms with Gasteiger partial charge in [-0.2, -0.15) is 0 Å². The molecule has 2 rings (SSSR count). The zero-order valence-electron chi connectivity index (χ0n) is 10.6. The van der Waals surface area contributed by atoms with Gasteiger partial charge in [0.05, 0.1) is 12.1 Å². The van der Waals surface area contributed by atoms with E-state index in [0.717, 1.165) is 0 Å². The maximum Gasteiger partial charge on any atom is 0.217 e. The predicted molar refractivity (Wildman–Crippen MR) is 70.2 cm³/mol. The molecule has 1 fully saturated rings. The van der Waals surface area contributed by atoms with Crippen LogP contribution in [-0.2, 0) is 4.79 Å². The summed E-state index contributed by atoms with van der Waals surface area (Å²) in [4.78, 5) is 14.9. The summed E-state index contributed by atoms with van der Waals surface area (Å²) in [5.74, 6) is 0.154. The zero-order chi connectivity index (χ0) is 13.8. The van der Waals surface area contributed by atoms with Crippen molar-refractivity contribution in [1.82, 2.24) is 4.98 Å². The Morgan fingerprint density at radius 3 is 2.84 bits per heavy atom. The lowest BCUT2D eigenvalue weighted by Gasteiger charge is -2.18. The van der Waals surface area contributed by atoms with Gasteiger partial charge in [-0.25, -0.2) is 4.98 Å². The first-order valence-electron chi connectivity index (χ1n) is 6.40. The van der Waals surface area contributed by atoms with E-state index in [0.29, 0.717) is 18.7 Å². The highest BCUT2D eigenvalue weighted by Gasteiger charge is 2.41. The van der Waals surface area contributed by atoms with Crippen LogP contribution >= 0.6 is 0 Å². The van der Waals surface area contributed by atoms with Crippen LogP contribution in [0.5, 0.6) is 0 Å². The number of amides is 1. The minimum atomic E-state index is -0.861. The third kappa shape index (κ3) is 3.42. The SMILES string of the molecule is NC(=O)CCC1CC(Nc2ccccn2)C(O)C1O. The van der Waals surface area contributed by atoms with Crippen molar-refractivity contribution in [2.45, 2.75) is 37.5 Å². The van der Waals surface area contributed by atoms with Crippen molar-refractivity contribution in [3.8, 4) is 0 Å². The fraction of sp³-hybridized carbons (Fsp3) is 0.538. The fourth-order valence-electron chi connectivity index (χ4n) is 2.52. The molecule has 0 aliphatic heterocycles. The van der Waals surface area contributed by atoms with Crippen molar-refractivity contribution in [1.29, 1.82) is 0 Å². The van der Waals surface area contributed by atoms with Crippen LogP contribution in [0.2, 0.25) is 0 Å². The first kappa shape index (κ1) is 13.8. The maximum atomic E-state index is 10.8. The summed E-state index contributed by atoms with van der Waals surface area (Å²) in [5.41, 5.74) is 5.10. The van der Waals surface area contributed by atoms with Crippen LogP contribution in [0.3, 0.4) is 0 Å². The highest BCUT2D eigenvalue weighted by Crippen LogP contribution is 2.31. The Morgan fingerprint density at radius 2 is 2.21 bits per heavy atom. The number of anilines is 1. The van der Waals surface area contributed by atoms with Crippen LogP contribution in [0.15, 0.2) is 24.4 Å². The Kier molecular flexibility index (Phi) is 4.34. The standard InChI is InChI=1S/C13H19N3O3/c14-10(17)5-4-8-7-9(13(19)12(8)18)16-11-3-1-2-6-15-11/h1-3,6,8-9,12-13,18-19H,4-5,7H2,(H2,14,17)(H,15,16). The van der Waals surface area contributed by atoms with Gasteiger partial charge < -0.3 is 21.3 Å². The fourth-order valence-corrected chi connectivity index (χ4v) is 2.52. The van der Waals surface area contributed by atoms with Gasteiger partial charge in [0.15, 0.2) is 0 Å². The van der Waals surface area contributed by atoms with Crippen molar-refractivity contribution in [2.75, 3.05) is 5.32 Å². The number of primary amides is 1. The predicted octanol–water partition coefficient (Wildman–Crippen LogP) is -0.131. The number of aromatic nitrogens is 1. The second-order valence-electron chi connectivity index (χ2n) is 4.95. The zero-order valence-corrected chi connectivity index (χ0v) is 10.6. The number of carbonyl (C=O) groups is 1. The van der Waals surface area contributed by atoms with E-state index in [1.807, 2.05) is 6.07 Å². The molecule has 104 valence electrons. The molecule has 4 atom stereocenters. The number of aliphatic hydroxyl groups is 2. The second-order valence-corrected chi connectivity index (χ2v) is 4.95. The van der Waals surface area contributed by atoms with Gasteiger partial charge in [0.2, 0.25) is 5.91 Å². The number of carbonyl (C=O) groups excluding carboxylic acids is 1. The molecule has 1 aliphatic carbocycles. The number of aliphatic hydroxyl groups excluding tert-OH is 2. The molecule has 4 unspecified atom stereocenters. The lowest BCUT2D eigenvalue weighted by atomic mass is 9.99. The summed E-state index contributed by atoms with van der Waals surface area (Å²) in [6, 6.07) is 5.19. The molecule has 6 nitrogen and oxygen atoms in total. The average Bonchev–Trinajstić information content (AvgIpc) is 2.66. The van der Waals surface area contributed by atoms with Gasteiger partial charge in [-0.15, -0.1) is 0 Å². The van der Waals surface area contributed by atoms with Gasteiger partial charge in [0.25, 0.3) is 0 Å². The number of hydrogen-bond donors (Lipinski definition) is 4. The first-order valence-corrected chi connectivity index (χ1v) is 6.40. The van der Waals surface area contributed by atoms with Gasteiger partial charge in [-0.3, -0.25) is 4.79 Å². The van der Waals surface area contributed by atoms with E-state index in [9.17, 15) is 15.0 Å². The second kappa shape index (κ2) is 5.99. The van der Waals surface area contributed by atoms with E-state index in [2.05, 4.69) is 10.3 Å². The minimum Gasteiger partial charge on any atom is -0.390 e. The monoisotopic (exact) mass is 265 g/mol. The maximum absolute atomic E-state index is 10.8. The van der Waals surface area contributed by atoms with E-state index < -0.39 is 12.2 Å². The molecule has 1 aromatic rings. The van der Waals surface area contributed by atoms with Crippen molar-refractivity contribution in [3.63, 3.8) is 0 Å². The Balaban J connectivity index is 1.94. The lowest BCUT2D eigenvalue weighted by Crippen LogP contribution is -2.35.